The van der Waals surface area contributed by atoms with Crippen molar-refractivity contribution < 1.29 is 8.83 Å². The van der Waals surface area contributed by atoms with Gasteiger partial charge in [-0.3, -0.25) is 0 Å². The summed E-state index contributed by atoms with van der Waals surface area (Å²) in [6.45, 7) is 0. The van der Waals surface area contributed by atoms with Crippen molar-refractivity contribution in [3.05, 3.63) is 164 Å². The summed E-state index contributed by atoms with van der Waals surface area (Å²) in [6, 6.07) is 56.7. The van der Waals surface area contributed by atoms with Gasteiger partial charge in [0, 0.05) is 44.9 Å². The molecule has 0 saturated carbocycles. The van der Waals surface area contributed by atoms with Gasteiger partial charge in [0.2, 0.25) is 5.89 Å². The maximum atomic E-state index is 6.55. The maximum Gasteiger partial charge on any atom is 0.227 e. The molecule has 5 nitrogen and oxygen atoms in total. The molecule has 10 aromatic rings. The van der Waals surface area contributed by atoms with Gasteiger partial charge in [-0.15, -0.1) is 0 Å². The Morgan fingerprint density at radius 2 is 1.21 bits per heavy atom. The van der Waals surface area contributed by atoms with Gasteiger partial charge in [0.25, 0.3) is 0 Å². The molecular weight excluding hydrogens is 590 g/mol. The number of rotatable bonds is 5. The maximum absolute atomic E-state index is 6.55. The van der Waals surface area contributed by atoms with Crippen LogP contribution in [0, 0.1) is 0 Å². The van der Waals surface area contributed by atoms with Gasteiger partial charge in [-0.1, -0.05) is 84.9 Å². The Kier molecular flexibility index (Phi) is 5.81. The van der Waals surface area contributed by atoms with Crippen molar-refractivity contribution in [1.29, 1.82) is 0 Å². The van der Waals surface area contributed by atoms with Gasteiger partial charge in [-0.05, 0) is 72.8 Å². The van der Waals surface area contributed by atoms with Crippen LogP contribution >= 0.6 is 0 Å². The number of oxazole rings is 1. The van der Waals surface area contributed by atoms with Crippen molar-refractivity contribution >= 4 is 71.9 Å². The fraction of sp³-hybridized carbons (Fsp3) is 0. The molecule has 0 saturated heterocycles. The smallest absolute Gasteiger partial charge is 0.227 e. The third kappa shape index (κ3) is 4.01. The van der Waals surface area contributed by atoms with E-state index in [1.165, 1.54) is 16.3 Å². The lowest BCUT2D eigenvalue weighted by atomic mass is 10.1. The molecule has 0 fully saturated rings. The third-order valence-corrected chi connectivity index (χ3v) is 9.20. The molecule has 0 spiro atoms. The van der Waals surface area contributed by atoms with Crippen molar-refractivity contribution in [2.45, 2.75) is 0 Å². The number of nitrogens with zero attached hydrogens (tertiary/aromatic N) is 3. The monoisotopic (exact) mass is 617 g/mol. The average molecular weight is 618 g/mol. The standard InChI is InChI=1S/C43H27N3O2/c1-4-13-28(14-5-1)43-44-41-38(48-43)26-25-37-40(41)34-24-23-31(27-39(34)47-37)45(29-15-6-2-7-16-29)36-22-12-20-33-32-19-10-11-21-35(32)46(42(33)36)30-17-8-3-9-18-30/h1-27H. The molecule has 3 heterocycles. The molecule has 5 heteroatoms. The van der Waals surface area contributed by atoms with Crippen molar-refractivity contribution in [3.8, 4) is 17.1 Å². The zero-order valence-electron chi connectivity index (χ0n) is 25.7. The summed E-state index contributed by atoms with van der Waals surface area (Å²) in [7, 11) is 0. The number of para-hydroxylation sites is 4. The summed E-state index contributed by atoms with van der Waals surface area (Å²) < 4.78 is 15.1. The lowest BCUT2D eigenvalue weighted by Crippen LogP contribution is -2.11. The summed E-state index contributed by atoms with van der Waals surface area (Å²) >= 11 is 0. The molecule has 48 heavy (non-hydrogen) atoms. The van der Waals surface area contributed by atoms with E-state index in [9.17, 15) is 0 Å². The summed E-state index contributed by atoms with van der Waals surface area (Å²) in [6.07, 6.45) is 0. The van der Waals surface area contributed by atoms with E-state index in [2.05, 4.69) is 131 Å². The highest BCUT2D eigenvalue weighted by Crippen LogP contribution is 2.45. The molecule has 3 aromatic heterocycles. The topological polar surface area (TPSA) is 47.3 Å². The zero-order valence-corrected chi connectivity index (χ0v) is 25.7. The molecule has 7 aromatic carbocycles. The minimum absolute atomic E-state index is 0.598. The first-order valence-corrected chi connectivity index (χ1v) is 16.1. The number of fused-ring (bicyclic) bond motifs is 8. The first-order chi connectivity index (χ1) is 23.8. The Morgan fingerprint density at radius 1 is 0.500 bits per heavy atom. The van der Waals surface area contributed by atoms with Crippen LogP contribution in [-0.4, -0.2) is 9.55 Å². The van der Waals surface area contributed by atoms with Gasteiger partial charge < -0.3 is 18.3 Å². The van der Waals surface area contributed by atoms with E-state index in [1.54, 1.807) is 0 Å². The highest BCUT2D eigenvalue weighted by Gasteiger charge is 2.23. The lowest BCUT2D eigenvalue weighted by molar-refractivity contribution is 0.619. The predicted molar refractivity (Wildman–Crippen MR) is 196 cm³/mol. The van der Waals surface area contributed by atoms with Crippen LogP contribution in [0.3, 0.4) is 0 Å². The molecule has 0 radical (unpaired) electrons. The van der Waals surface area contributed by atoms with E-state index < -0.39 is 0 Å². The molecule has 10 rings (SSSR count). The van der Waals surface area contributed by atoms with Crippen molar-refractivity contribution in [2.24, 2.45) is 0 Å². The van der Waals surface area contributed by atoms with E-state index in [0.717, 1.165) is 66.9 Å². The van der Waals surface area contributed by atoms with Gasteiger partial charge in [-0.25, -0.2) is 4.98 Å². The quantitative estimate of drug-likeness (QED) is 0.193. The van der Waals surface area contributed by atoms with Gasteiger partial charge in [0.05, 0.1) is 22.1 Å². The van der Waals surface area contributed by atoms with Gasteiger partial charge in [0.1, 0.15) is 16.7 Å². The second kappa shape index (κ2) is 10.5. The molecule has 0 unspecified atom stereocenters. The number of furan rings is 1. The van der Waals surface area contributed by atoms with Crippen LogP contribution in [0.25, 0.3) is 72.0 Å². The Hall–Kier alpha value is -6.59. The molecule has 226 valence electrons. The van der Waals surface area contributed by atoms with Gasteiger partial charge in [0.15, 0.2) is 5.58 Å². The summed E-state index contributed by atoms with van der Waals surface area (Å²) in [5.74, 6) is 0.598. The van der Waals surface area contributed by atoms with Crippen LogP contribution in [0.4, 0.5) is 17.1 Å². The van der Waals surface area contributed by atoms with Crippen molar-refractivity contribution in [2.75, 3.05) is 4.90 Å². The lowest BCUT2D eigenvalue weighted by Gasteiger charge is -2.27. The molecule has 0 N–H and O–H groups in total. The predicted octanol–water partition coefficient (Wildman–Crippen LogP) is 12.0. The summed E-state index contributed by atoms with van der Waals surface area (Å²) in [4.78, 5) is 7.27. The average Bonchev–Trinajstić information content (AvgIpc) is 3.85. The minimum Gasteiger partial charge on any atom is -0.456 e. The first-order valence-electron chi connectivity index (χ1n) is 16.1. The Bertz CT molecular complexity index is 2780. The van der Waals surface area contributed by atoms with Crippen LogP contribution in [0.5, 0.6) is 0 Å². The first kappa shape index (κ1) is 26.6. The molecule has 0 aliphatic heterocycles. The number of anilines is 3. The fourth-order valence-corrected chi connectivity index (χ4v) is 7.12. The van der Waals surface area contributed by atoms with Crippen LogP contribution in [-0.2, 0) is 0 Å². The van der Waals surface area contributed by atoms with Crippen LogP contribution in [0.2, 0.25) is 0 Å². The van der Waals surface area contributed by atoms with E-state index >= 15 is 0 Å². The largest absolute Gasteiger partial charge is 0.456 e. The SMILES string of the molecule is c1ccc(-c2nc3c(ccc4oc5cc(N(c6ccccc6)c6cccc7c8ccccc8n(-c8ccccc8)c67)ccc5c43)o2)cc1. The Morgan fingerprint density at radius 3 is 2.04 bits per heavy atom. The second-order valence-corrected chi connectivity index (χ2v) is 12.0. The van der Waals surface area contributed by atoms with Crippen LogP contribution in [0.1, 0.15) is 0 Å². The molecule has 0 bridgehead atoms. The number of hydrogen-bond acceptors (Lipinski definition) is 4. The Labute approximate surface area is 275 Å². The Balaban J connectivity index is 1.22. The van der Waals surface area contributed by atoms with Crippen LogP contribution < -0.4 is 4.90 Å². The highest BCUT2D eigenvalue weighted by molar-refractivity contribution is 6.18. The summed E-state index contributed by atoms with van der Waals surface area (Å²) in [5.41, 5.74) is 10.6. The molecule has 0 atom stereocenters. The van der Waals surface area contributed by atoms with E-state index in [1.807, 2.05) is 42.5 Å². The van der Waals surface area contributed by atoms with E-state index in [0.29, 0.717) is 5.89 Å². The fourth-order valence-electron chi connectivity index (χ4n) is 7.12. The molecule has 0 aliphatic carbocycles. The van der Waals surface area contributed by atoms with E-state index in [4.69, 9.17) is 13.8 Å². The number of hydrogen-bond donors (Lipinski definition) is 0. The van der Waals surface area contributed by atoms with Crippen molar-refractivity contribution in [1.82, 2.24) is 9.55 Å². The molecule has 0 aliphatic rings. The van der Waals surface area contributed by atoms with E-state index in [-0.39, 0.29) is 0 Å². The third-order valence-electron chi connectivity index (χ3n) is 9.20. The van der Waals surface area contributed by atoms with Crippen molar-refractivity contribution in [3.63, 3.8) is 0 Å². The molecular formula is C43H27N3O2. The second-order valence-electron chi connectivity index (χ2n) is 12.0. The van der Waals surface area contributed by atoms with Gasteiger partial charge in [-0.2, -0.15) is 0 Å². The molecule has 0 amide bonds. The normalized spacial score (nSPS) is 11.8. The number of benzene rings is 7. The minimum atomic E-state index is 0.598. The number of aromatic nitrogens is 2. The van der Waals surface area contributed by atoms with Crippen LogP contribution in [0.15, 0.2) is 173 Å². The van der Waals surface area contributed by atoms with Gasteiger partial charge >= 0.3 is 0 Å². The summed E-state index contributed by atoms with van der Waals surface area (Å²) in [5, 5.41) is 4.36. The zero-order chi connectivity index (χ0) is 31.6. The highest BCUT2D eigenvalue weighted by atomic mass is 16.4.